The molecule has 74 valence electrons. The van der Waals surface area contributed by atoms with Gasteiger partial charge in [-0.25, -0.2) is 0 Å². The van der Waals surface area contributed by atoms with E-state index in [9.17, 15) is 0 Å². The summed E-state index contributed by atoms with van der Waals surface area (Å²) in [4.78, 5) is 2.17. The van der Waals surface area contributed by atoms with Crippen LogP contribution in [0, 0.1) is 0 Å². The lowest BCUT2D eigenvalue weighted by Gasteiger charge is -2.16. The Bertz CT molecular complexity index is 105. The molecule has 12 heavy (non-hydrogen) atoms. The summed E-state index contributed by atoms with van der Waals surface area (Å²) in [6.45, 7) is 6.33. The fourth-order valence-corrected chi connectivity index (χ4v) is 1.37. The van der Waals surface area contributed by atoms with Gasteiger partial charge in [0.2, 0.25) is 0 Å². The maximum atomic E-state index is 5.86. The first-order chi connectivity index (χ1) is 5.52. The van der Waals surface area contributed by atoms with E-state index in [1.807, 2.05) is 6.92 Å². The van der Waals surface area contributed by atoms with Gasteiger partial charge in [0.05, 0.1) is 0 Å². The molecule has 0 bridgehead atoms. The predicted molar refractivity (Wildman–Crippen MR) is 56.0 cm³/mol. The molecule has 0 aliphatic heterocycles. The van der Waals surface area contributed by atoms with Crippen molar-refractivity contribution in [3.8, 4) is 0 Å². The highest BCUT2D eigenvalue weighted by molar-refractivity contribution is 6.20. The van der Waals surface area contributed by atoms with E-state index in [1.165, 1.54) is 0 Å². The second-order valence-electron chi connectivity index (χ2n) is 3.67. The molecule has 0 aromatic rings. The van der Waals surface area contributed by atoms with E-state index < -0.39 is 0 Å². The van der Waals surface area contributed by atoms with Crippen LogP contribution in [0.3, 0.4) is 0 Å². The molecule has 0 aliphatic carbocycles. The fraction of sp³-hybridized carbons (Fsp3) is 1.00. The van der Waals surface area contributed by atoms with Crippen molar-refractivity contribution in [3.05, 3.63) is 0 Å². The monoisotopic (exact) mass is 192 g/mol. The Morgan fingerprint density at radius 1 is 1.33 bits per heavy atom. The average Bonchev–Trinajstić information content (AvgIpc) is 1.84. The smallest absolute Gasteiger partial charge is 0.0322 e. The third kappa shape index (κ3) is 8.31. The molecule has 0 rings (SSSR count). The number of nitrogens with zero attached hydrogens (tertiary/aromatic N) is 1. The van der Waals surface area contributed by atoms with Crippen LogP contribution in [0.2, 0.25) is 0 Å². The predicted octanol–water partition coefficient (Wildman–Crippen LogP) is 1.54. The Hall–Kier alpha value is 0.210. The maximum absolute atomic E-state index is 5.86. The number of halogens is 1. The zero-order valence-corrected chi connectivity index (χ0v) is 9.36. The topological polar surface area (TPSA) is 15.3 Å². The van der Waals surface area contributed by atoms with Crippen LogP contribution in [0.1, 0.15) is 20.3 Å². The lowest BCUT2D eigenvalue weighted by Crippen LogP contribution is -2.34. The van der Waals surface area contributed by atoms with E-state index in [0.29, 0.717) is 6.04 Å². The SMILES string of the molecule is CC(Cl)CC(C)NCCN(C)C. The van der Waals surface area contributed by atoms with E-state index in [-0.39, 0.29) is 5.38 Å². The van der Waals surface area contributed by atoms with Crippen molar-refractivity contribution >= 4 is 11.6 Å². The molecule has 0 saturated heterocycles. The summed E-state index contributed by atoms with van der Waals surface area (Å²) in [5, 5.41) is 3.69. The van der Waals surface area contributed by atoms with Crippen molar-refractivity contribution in [2.45, 2.75) is 31.7 Å². The zero-order valence-electron chi connectivity index (χ0n) is 8.60. The van der Waals surface area contributed by atoms with E-state index in [1.54, 1.807) is 0 Å². The first kappa shape index (κ1) is 12.2. The molecule has 1 N–H and O–H groups in total. The molecule has 0 spiro atoms. The second kappa shape index (κ2) is 6.70. The first-order valence-corrected chi connectivity index (χ1v) is 4.98. The van der Waals surface area contributed by atoms with Crippen molar-refractivity contribution in [2.24, 2.45) is 0 Å². The van der Waals surface area contributed by atoms with E-state index in [4.69, 9.17) is 11.6 Å². The molecule has 0 aliphatic rings. The highest BCUT2D eigenvalue weighted by Crippen LogP contribution is 2.03. The van der Waals surface area contributed by atoms with Gasteiger partial charge in [0.15, 0.2) is 0 Å². The molecule has 0 radical (unpaired) electrons. The molecular weight excluding hydrogens is 172 g/mol. The molecule has 0 aromatic carbocycles. The number of alkyl halides is 1. The summed E-state index contributed by atoms with van der Waals surface area (Å²) in [6.07, 6.45) is 1.04. The molecule has 0 amide bonds. The molecule has 2 unspecified atom stereocenters. The van der Waals surface area contributed by atoms with Gasteiger partial charge in [-0.05, 0) is 34.4 Å². The largest absolute Gasteiger partial charge is 0.313 e. The Labute approximate surface area is 81.3 Å². The molecule has 0 fully saturated rings. The van der Waals surface area contributed by atoms with E-state index in [0.717, 1.165) is 19.5 Å². The van der Waals surface area contributed by atoms with Gasteiger partial charge in [-0.2, -0.15) is 0 Å². The van der Waals surface area contributed by atoms with Crippen LogP contribution >= 0.6 is 11.6 Å². The summed E-state index contributed by atoms with van der Waals surface area (Å²) in [5.41, 5.74) is 0. The molecule has 0 aromatic heterocycles. The van der Waals surface area contributed by atoms with Gasteiger partial charge < -0.3 is 10.2 Å². The van der Waals surface area contributed by atoms with Crippen LogP contribution in [0.25, 0.3) is 0 Å². The highest BCUT2D eigenvalue weighted by atomic mass is 35.5. The minimum absolute atomic E-state index is 0.270. The van der Waals surface area contributed by atoms with Crippen molar-refractivity contribution in [1.82, 2.24) is 10.2 Å². The van der Waals surface area contributed by atoms with Crippen molar-refractivity contribution in [1.29, 1.82) is 0 Å². The standard InChI is InChI=1S/C9H21ClN2/c1-8(10)7-9(2)11-5-6-12(3)4/h8-9,11H,5-7H2,1-4H3. The number of nitrogens with one attached hydrogen (secondary N) is 1. The Morgan fingerprint density at radius 3 is 2.33 bits per heavy atom. The van der Waals surface area contributed by atoms with Crippen LogP contribution in [-0.4, -0.2) is 43.5 Å². The number of rotatable bonds is 6. The summed E-state index contributed by atoms with van der Waals surface area (Å²) in [6, 6.07) is 0.525. The van der Waals surface area contributed by atoms with Gasteiger partial charge in [0.25, 0.3) is 0 Å². The molecule has 3 heteroatoms. The minimum Gasteiger partial charge on any atom is -0.313 e. The van der Waals surface area contributed by atoms with E-state index >= 15 is 0 Å². The quantitative estimate of drug-likeness (QED) is 0.643. The Kier molecular flexibility index (Phi) is 6.81. The van der Waals surface area contributed by atoms with Gasteiger partial charge in [0, 0.05) is 24.5 Å². The maximum Gasteiger partial charge on any atom is 0.0322 e. The number of hydrogen-bond donors (Lipinski definition) is 1. The third-order valence-corrected chi connectivity index (χ3v) is 1.91. The first-order valence-electron chi connectivity index (χ1n) is 4.54. The van der Waals surface area contributed by atoms with Gasteiger partial charge in [-0.15, -0.1) is 11.6 Å². The molecule has 0 heterocycles. The molecular formula is C9H21ClN2. The van der Waals surface area contributed by atoms with Crippen LogP contribution < -0.4 is 5.32 Å². The summed E-state index contributed by atoms with van der Waals surface area (Å²) in [5.74, 6) is 0. The van der Waals surface area contributed by atoms with Gasteiger partial charge in [-0.3, -0.25) is 0 Å². The number of hydrogen-bond acceptors (Lipinski definition) is 2. The van der Waals surface area contributed by atoms with Crippen molar-refractivity contribution < 1.29 is 0 Å². The van der Waals surface area contributed by atoms with Crippen LogP contribution in [0.15, 0.2) is 0 Å². The summed E-state index contributed by atoms with van der Waals surface area (Å²) >= 11 is 5.86. The van der Waals surface area contributed by atoms with Gasteiger partial charge in [0.1, 0.15) is 0 Å². The minimum atomic E-state index is 0.270. The normalized spacial score (nSPS) is 16.5. The van der Waals surface area contributed by atoms with Crippen molar-refractivity contribution in [2.75, 3.05) is 27.2 Å². The Morgan fingerprint density at radius 2 is 1.92 bits per heavy atom. The van der Waals surface area contributed by atoms with Crippen molar-refractivity contribution in [3.63, 3.8) is 0 Å². The molecule has 2 atom stereocenters. The highest BCUT2D eigenvalue weighted by Gasteiger charge is 2.04. The number of likely N-dealkylation sites (N-methyl/N-ethyl adjacent to an activating group) is 1. The summed E-state index contributed by atoms with van der Waals surface area (Å²) < 4.78 is 0. The van der Waals surface area contributed by atoms with Crippen LogP contribution in [-0.2, 0) is 0 Å². The van der Waals surface area contributed by atoms with Gasteiger partial charge >= 0.3 is 0 Å². The second-order valence-corrected chi connectivity index (χ2v) is 4.42. The van der Waals surface area contributed by atoms with Crippen LogP contribution in [0.4, 0.5) is 0 Å². The van der Waals surface area contributed by atoms with Crippen LogP contribution in [0.5, 0.6) is 0 Å². The van der Waals surface area contributed by atoms with Gasteiger partial charge in [-0.1, -0.05) is 0 Å². The van der Waals surface area contributed by atoms with E-state index in [2.05, 4.69) is 31.2 Å². The fourth-order valence-electron chi connectivity index (χ4n) is 1.11. The lowest BCUT2D eigenvalue weighted by atomic mass is 10.2. The third-order valence-electron chi connectivity index (χ3n) is 1.73. The molecule has 2 nitrogen and oxygen atoms in total. The average molecular weight is 193 g/mol. The molecule has 0 saturated carbocycles. The lowest BCUT2D eigenvalue weighted by molar-refractivity contribution is 0.383. The zero-order chi connectivity index (χ0) is 9.56. The Balaban J connectivity index is 3.25. The summed E-state index contributed by atoms with van der Waals surface area (Å²) in [7, 11) is 4.16.